The molecule has 0 saturated carbocycles. The minimum Gasteiger partial charge on any atom is -0.481 e. The molecule has 2 rings (SSSR count). The van der Waals surface area contributed by atoms with Gasteiger partial charge in [-0.05, 0) is 44.4 Å². The number of piperazine rings is 1. The number of nitrogens with zero attached hydrogens (tertiary/aromatic N) is 2. The largest absolute Gasteiger partial charge is 0.481 e. The van der Waals surface area contributed by atoms with Crippen molar-refractivity contribution in [2.75, 3.05) is 24.5 Å². The van der Waals surface area contributed by atoms with Crippen LogP contribution in [0.5, 0.6) is 0 Å². The molecular formula is C21H32ClN3O4. The van der Waals surface area contributed by atoms with Crippen molar-refractivity contribution in [3.05, 3.63) is 29.3 Å². The molecule has 1 heterocycles. The second kappa shape index (κ2) is 9.43. The number of aliphatic hydroxyl groups is 1. The van der Waals surface area contributed by atoms with Crippen molar-refractivity contribution in [1.82, 2.24) is 4.90 Å². The molecule has 0 bridgehead atoms. The van der Waals surface area contributed by atoms with Crippen LogP contribution in [0, 0.1) is 11.8 Å². The summed E-state index contributed by atoms with van der Waals surface area (Å²) in [5, 5.41) is 20.4. The van der Waals surface area contributed by atoms with E-state index >= 15 is 0 Å². The number of anilines is 1. The number of carboxylic acids is 1. The van der Waals surface area contributed by atoms with Gasteiger partial charge in [0, 0.05) is 35.4 Å². The number of nitrogens with two attached hydrogens (primary N) is 1. The van der Waals surface area contributed by atoms with Crippen molar-refractivity contribution in [2.45, 2.75) is 51.8 Å². The molecule has 0 unspecified atom stereocenters. The number of rotatable bonds is 8. The lowest BCUT2D eigenvalue weighted by molar-refractivity contribution is -0.144. The van der Waals surface area contributed by atoms with Crippen molar-refractivity contribution < 1.29 is 19.8 Å². The summed E-state index contributed by atoms with van der Waals surface area (Å²) in [6, 6.07) is 6.53. The van der Waals surface area contributed by atoms with E-state index in [1.54, 1.807) is 17.0 Å². The third kappa shape index (κ3) is 5.92. The van der Waals surface area contributed by atoms with Crippen molar-refractivity contribution in [3.63, 3.8) is 0 Å². The molecule has 3 atom stereocenters. The third-order valence-corrected chi connectivity index (χ3v) is 5.93. The number of benzene rings is 1. The fourth-order valence-electron chi connectivity index (χ4n) is 3.70. The van der Waals surface area contributed by atoms with Crippen LogP contribution in [0.2, 0.25) is 5.02 Å². The molecule has 0 aromatic heterocycles. The summed E-state index contributed by atoms with van der Waals surface area (Å²) >= 11 is 6.07. The Bertz CT molecular complexity index is 740. The van der Waals surface area contributed by atoms with Crippen molar-refractivity contribution in [3.8, 4) is 0 Å². The lowest BCUT2D eigenvalue weighted by Gasteiger charge is -2.47. The fraction of sp³-hybridized carbons (Fsp3) is 0.619. The zero-order valence-electron chi connectivity index (χ0n) is 17.5. The van der Waals surface area contributed by atoms with E-state index in [0.29, 0.717) is 18.1 Å². The topological polar surface area (TPSA) is 107 Å². The summed E-state index contributed by atoms with van der Waals surface area (Å²) in [6.07, 6.45) is -0.874. The highest BCUT2D eigenvalue weighted by molar-refractivity contribution is 6.30. The van der Waals surface area contributed by atoms with E-state index in [4.69, 9.17) is 17.3 Å². The molecule has 1 saturated heterocycles. The van der Waals surface area contributed by atoms with Gasteiger partial charge in [0.05, 0.1) is 18.6 Å². The Morgan fingerprint density at radius 2 is 2.00 bits per heavy atom. The predicted molar refractivity (Wildman–Crippen MR) is 114 cm³/mol. The Morgan fingerprint density at radius 3 is 2.55 bits per heavy atom. The molecule has 4 N–H and O–H groups in total. The Balaban J connectivity index is 2.06. The molecule has 1 aliphatic rings. The van der Waals surface area contributed by atoms with Gasteiger partial charge in [-0.3, -0.25) is 14.5 Å². The maximum absolute atomic E-state index is 12.8. The monoisotopic (exact) mass is 425 g/mol. The number of aliphatic carboxylic acids is 1. The van der Waals surface area contributed by atoms with Crippen LogP contribution in [0.3, 0.4) is 0 Å². The van der Waals surface area contributed by atoms with E-state index in [1.165, 1.54) is 0 Å². The third-order valence-electron chi connectivity index (χ3n) is 5.69. The van der Waals surface area contributed by atoms with Gasteiger partial charge in [-0.15, -0.1) is 0 Å². The van der Waals surface area contributed by atoms with Gasteiger partial charge in [0.2, 0.25) is 5.91 Å². The molecule has 1 aliphatic heterocycles. The van der Waals surface area contributed by atoms with Crippen molar-refractivity contribution >= 4 is 29.2 Å². The van der Waals surface area contributed by atoms with Gasteiger partial charge in [-0.1, -0.05) is 31.5 Å². The zero-order valence-corrected chi connectivity index (χ0v) is 18.3. The van der Waals surface area contributed by atoms with Crippen LogP contribution < -0.4 is 10.6 Å². The number of hydrogen-bond acceptors (Lipinski definition) is 5. The van der Waals surface area contributed by atoms with Crippen LogP contribution in [0.1, 0.15) is 34.1 Å². The summed E-state index contributed by atoms with van der Waals surface area (Å²) < 4.78 is 0. The number of carbonyl (C=O) groups excluding carboxylic acids is 1. The number of aliphatic hydroxyl groups excluding tert-OH is 1. The van der Waals surface area contributed by atoms with Crippen LogP contribution >= 0.6 is 11.6 Å². The lowest BCUT2D eigenvalue weighted by atomic mass is 9.87. The molecule has 162 valence electrons. The van der Waals surface area contributed by atoms with Crippen molar-refractivity contribution in [2.24, 2.45) is 17.6 Å². The van der Waals surface area contributed by atoms with Gasteiger partial charge in [-0.2, -0.15) is 0 Å². The second-order valence-electron chi connectivity index (χ2n) is 8.81. The zero-order chi connectivity index (χ0) is 21.9. The Morgan fingerprint density at radius 1 is 1.34 bits per heavy atom. The van der Waals surface area contributed by atoms with E-state index in [-0.39, 0.29) is 30.3 Å². The maximum atomic E-state index is 12.8. The van der Waals surface area contributed by atoms with Gasteiger partial charge in [0.25, 0.3) is 0 Å². The molecular weight excluding hydrogens is 394 g/mol. The summed E-state index contributed by atoms with van der Waals surface area (Å²) in [4.78, 5) is 27.8. The molecule has 0 aliphatic carbocycles. The van der Waals surface area contributed by atoms with Crippen LogP contribution in [0.4, 0.5) is 5.69 Å². The molecule has 29 heavy (non-hydrogen) atoms. The summed E-state index contributed by atoms with van der Waals surface area (Å²) in [5.41, 5.74) is 6.58. The molecule has 0 radical (unpaired) electrons. The standard InChI is InChI=1S/C21H32ClN3O4/c1-13(2)16(20(28)29)9-18(26)17(23)10-24-11-19(27)25(12-21(24,3)4)15-7-5-6-14(22)8-15/h5-8,13,16-18,26H,9-12,23H2,1-4H3,(H,28,29)/t16-,17-,18-/m0/s1. The van der Waals surface area contributed by atoms with Crippen molar-refractivity contribution in [1.29, 1.82) is 0 Å². The average molecular weight is 426 g/mol. The molecule has 7 nitrogen and oxygen atoms in total. The fourth-order valence-corrected chi connectivity index (χ4v) is 3.88. The van der Waals surface area contributed by atoms with E-state index in [0.717, 1.165) is 5.69 Å². The van der Waals surface area contributed by atoms with E-state index in [9.17, 15) is 19.8 Å². The molecule has 8 heteroatoms. The van der Waals surface area contributed by atoms with Crippen LogP contribution in [0.15, 0.2) is 24.3 Å². The normalized spacial score (nSPS) is 20.6. The van der Waals surface area contributed by atoms with Crippen LogP contribution in [0.25, 0.3) is 0 Å². The molecule has 1 aromatic rings. The second-order valence-corrected chi connectivity index (χ2v) is 9.24. The number of carboxylic acid groups (broad SMARTS) is 1. The highest BCUT2D eigenvalue weighted by atomic mass is 35.5. The SMILES string of the molecule is CC(C)[C@H](C[C@H](O)[C@@H](N)CN1CC(=O)N(c2cccc(Cl)c2)CC1(C)C)C(=O)O. The van der Waals surface area contributed by atoms with Gasteiger partial charge in [0.1, 0.15) is 0 Å². The lowest BCUT2D eigenvalue weighted by Crippen LogP contribution is -2.64. The Labute approximate surface area is 177 Å². The Kier molecular flexibility index (Phi) is 7.67. The van der Waals surface area contributed by atoms with Crippen LogP contribution in [-0.2, 0) is 9.59 Å². The van der Waals surface area contributed by atoms with Gasteiger partial charge in [0.15, 0.2) is 0 Å². The average Bonchev–Trinajstić information content (AvgIpc) is 2.61. The van der Waals surface area contributed by atoms with E-state index in [2.05, 4.69) is 0 Å². The smallest absolute Gasteiger partial charge is 0.306 e. The molecule has 1 fully saturated rings. The first-order valence-electron chi connectivity index (χ1n) is 9.90. The predicted octanol–water partition coefficient (Wildman–Crippen LogP) is 2.20. The van der Waals surface area contributed by atoms with Crippen LogP contribution in [-0.4, -0.2) is 64.3 Å². The Hall–Kier alpha value is -1.67. The molecule has 1 amide bonds. The number of amides is 1. The van der Waals surface area contributed by atoms with E-state index in [1.807, 2.05) is 44.7 Å². The molecule has 0 spiro atoms. The number of halogens is 1. The number of carbonyl (C=O) groups is 2. The quantitative estimate of drug-likeness (QED) is 0.589. The molecule has 1 aromatic carbocycles. The first kappa shape index (κ1) is 23.6. The summed E-state index contributed by atoms with van der Waals surface area (Å²) in [7, 11) is 0. The van der Waals surface area contributed by atoms with Gasteiger partial charge < -0.3 is 20.8 Å². The maximum Gasteiger partial charge on any atom is 0.306 e. The summed E-state index contributed by atoms with van der Waals surface area (Å²) in [5.74, 6) is -1.77. The minimum absolute atomic E-state index is 0.0705. The minimum atomic E-state index is -0.963. The summed E-state index contributed by atoms with van der Waals surface area (Å²) in [6.45, 7) is 8.58. The number of hydrogen-bond donors (Lipinski definition) is 3. The van der Waals surface area contributed by atoms with Gasteiger partial charge in [-0.25, -0.2) is 0 Å². The van der Waals surface area contributed by atoms with E-state index < -0.39 is 24.0 Å². The highest BCUT2D eigenvalue weighted by Crippen LogP contribution is 2.28. The van der Waals surface area contributed by atoms with Gasteiger partial charge >= 0.3 is 5.97 Å². The first-order valence-corrected chi connectivity index (χ1v) is 10.3. The first-order chi connectivity index (χ1) is 13.4. The highest BCUT2D eigenvalue weighted by Gasteiger charge is 2.40.